The van der Waals surface area contributed by atoms with E-state index in [0.717, 1.165) is 42.8 Å². The highest BCUT2D eigenvalue weighted by Gasteiger charge is 2.51. The van der Waals surface area contributed by atoms with Gasteiger partial charge in [0.1, 0.15) is 5.82 Å². The van der Waals surface area contributed by atoms with Crippen molar-refractivity contribution in [1.29, 1.82) is 0 Å². The van der Waals surface area contributed by atoms with E-state index in [2.05, 4.69) is 43.6 Å². The summed E-state index contributed by atoms with van der Waals surface area (Å²) in [5.41, 5.74) is 8.17. The van der Waals surface area contributed by atoms with Crippen molar-refractivity contribution in [2.75, 3.05) is 69.7 Å². The van der Waals surface area contributed by atoms with Crippen LogP contribution in [0.25, 0.3) is 11.1 Å². The van der Waals surface area contributed by atoms with E-state index in [4.69, 9.17) is 10.5 Å². The fourth-order valence-electron chi connectivity index (χ4n) is 4.47. The normalized spacial score (nSPS) is 17.9. The summed E-state index contributed by atoms with van der Waals surface area (Å²) >= 11 is 0. The number of aliphatic carboxylic acids is 1. The molecular formula is C27H36N8O3. The van der Waals surface area contributed by atoms with Gasteiger partial charge in [-0.1, -0.05) is 19.2 Å². The third-order valence-corrected chi connectivity index (χ3v) is 6.78. The Bertz CT molecular complexity index is 1160. The number of carboxylic acid groups (broad SMARTS) is 1. The quantitative estimate of drug-likeness (QED) is 0.227. The first kappa shape index (κ1) is 27.4. The third-order valence-electron chi connectivity index (χ3n) is 6.78. The van der Waals surface area contributed by atoms with Gasteiger partial charge in [0.05, 0.1) is 13.2 Å². The van der Waals surface area contributed by atoms with Gasteiger partial charge in [-0.05, 0) is 42.3 Å². The van der Waals surface area contributed by atoms with Crippen LogP contribution in [0.3, 0.4) is 0 Å². The molecule has 2 aromatic rings. The zero-order valence-electron chi connectivity index (χ0n) is 21.6. The number of carbonyl (C=O) groups is 1. The molecule has 2 saturated heterocycles. The molecule has 2 fully saturated rings. The molecule has 5 N–H and O–H groups in total. The number of allylic oxidation sites excluding steroid dienone is 1. The Morgan fingerprint density at radius 3 is 2.53 bits per heavy atom. The summed E-state index contributed by atoms with van der Waals surface area (Å²) in [6, 6.07) is 3.83. The highest BCUT2D eigenvalue weighted by Crippen LogP contribution is 2.27. The molecule has 11 heteroatoms. The second-order valence-electron chi connectivity index (χ2n) is 9.46. The van der Waals surface area contributed by atoms with E-state index in [-0.39, 0.29) is 13.2 Å². The number of pyridine rings is 1. The number of carboxylic acids is 1. The van der Waals surface area contributed by atoms with Gasteiger partial charge >= 0.3 is 5.97 Å². The molecular weight excluding hydrogens is 484 g/mol. The third kappa shape index (κ3) is 6.62. The molecule has 38 heavy (non-hydrogen) atoms. The van der Waals surface area contributed by atoms with Gasteiger partial charge in [-0.15, -0.1) is 0 Å². The van der Waals surface area contributed by atoms with E-state index in [1.54, 1.807) is 18.6 Å². The summed E-state index contributed by atoms with van der Waals surface area (Å²) in [4.78, 5) is 29.2. The van der Waals surface area contributed by atoms with Gasteiger partial charge in [0, 0.05) is 69.1 Å². The van der Waals surface area contributed by atoms with E-state index in [0.29, 0.717) is 43.6 Å². The SMILES string of the molecule is C=C/C(=C\C(=C)Nc1cc(-c2cnc(NCCCN)nc2)ccn1)CN1CCN(C2(C(=O)O)COC2)CC1. The molecule has 0 bridgehead atoms. The van der Waals surface area contributed by atoms with Crippen LogP contribution in [0.4, 0.5) is 11.8 Å². The number of nitrogens with two attached hydrogens (primary N) is 1. The predicted molar refractivity (Wildman–Crippen MR) is 148 cm³/mol. The van der Waals surface area contributed by atoms with Crippen molar-refractivity contribution in [3.05, 3.63) is 67.3 Å². The minimum atomic E-state index is -0.863. The second-order valence-corrected chi connectivity index (χ2v) is 9.46. The number of aromatic nitrogens is 3. The van der Waals surface area contributed by atoms with Gasteiger partial charge in [0.2, 0.25) is 5.95 Å². The first-order valence-electron chi connectivity index (χ1n) is 12.7. The molecule has 11 nitrogen and oxygen atoms in total. The van der Waals surface area contributed by atoms with E-state index >= 15 is 0 Å². The molecule has 0 aliphatic carbocycles. The maximum atomic E-state index is 11.7. The van der Waals surface area contributed by atoms with Crippen LogP contribution in [0.15, 0.2) is 67.3 Å². The average Bonchev–Trinajstić information content (AvgIpc) is 2.89. The summed E-state index contributed by atoms with van der Waals surface area (Å²) < 4.78 is 5.22. The number of nitrogens with zero attached hydrogens (tertiary/aromatic N) is 5. The van der Waals surface area contributed by atoms with Crippen molar-refractivity contribution in [3.8, 4) is 11.1 Å². The maximum Gasteiger partial charge on any atom is 0.328 e. The Morgan fingerprint density at radius 1 is 1.18 bits per heavy atom. The number of hydrogen-bond donors (Lipinski definition) is 4. The van der Waals surface area contributed by atoms with Crippen molar-refractivity contribution in [2.45, 2.75) is 12.0 Å². The van der Waals surface area contributed by atoms with Gasteiger partial charge in [-0.2, -0.15) is 0 Å². The van der Waals surface area contributed by atoms with Gasteiger partial charge < -0.3 is 26.2 Å². The van der Waals surface area contributed by atoms with Crippen molar-refractivity contribution >= 4 is 17.7 Å². The maximum absolute atomic E-state index is 11.7. The summed E-state index contributed by atoms with van der Waals surface area (Å²) in [6.45, 7) is 13.6. The fourth-order valence-corrected chi connectivity index (χ4v) is 4.47. The zero-order valence-corrected chi connectivity index (χ0v) is 21.6. The smallest absolute Gasteiger partial charge is 0.328 e. The molecule has 0 saturated carbocycles. The van der Waals surface area contributed by atoms with Gasteiger partial charge in [0.15, 0.2) is 5.54 Å². The number of rotatable bonds is 13. The lowest BCUT2D eigenvalue weighted by Gasteiger charge is -2.49. The standard InChI is InChI=1S/C27H36N8O3/c1-3-21(17-34-9-11-35(12-10-34)27(25(36)37)18-38-19-27)13-20(2)33-24-14-22(5-8-29-24)23-15-31-26(32-16-23)30-7-4-6-28/h3,5,8,13-16H,1-2,4,6-7,9-12,17-19,28H2,(H,29,33)(H,36,37)(H,30,31,32)/b21-13+. The Morgan fingerprint density at radius 2 is 1.92 bits per heavy atom. The highest BCUT2D eigenvalue weighted by molar-refractivity contribution is 5.80. The van der Waals surface area contributed by atoms with E-state index in [1.807, 2.05) is 29.2 Å². The minimum absolute atomic E-state index is 0.256. The molecule has 4 rings (SSSR count). The lowest BCUT2D eigenvalue weighted by atomic mass is 9.94. The van der Waals surface area contributed by atoms with Gasteiger partial charge in [-0.25, -0.2) is 15.0 Å². The number of anilines is 2. The van der Waals surface area contributed by atoms with Crippen molar-refractivity contribution in [3.63, 3.8) is 0 Å². The molecule has 2 aliphatic rings. The highest BCUT2D eigenvalue weighted by atomic mass is 16.5. The van der Waals surface area contributed by atoms with Crippen LogP contribution in [-0.4, -0.2) is 100 Å². The Balaban J connectivity index is 1.31. The minimum Gasteiger partial charge on any atom is -0.480 e. The monoisotopic (exact) mass is 520 g/mol. The fraction of sp³-hybridized carbons (Fsp3) is 0.407. The van der Waals surface area contributed by atoms with Crippen molar-refractivity contribution in [2.24, 2.45) is 5.73 Å². The molecule has 0 aromatic carbocycles. The molecule has 0 amide bonds. The van der Waals surface area contributed by atoms with Gasteiger partial charge in [0.25, 0.3) is 0 Å². The van der Waals surface area contributed by atoms with Crippen LogP contribution in [0, 0.1) is 0 Å². The summed E-state index contributed by atoms with van der Waals surface area (Å²) in [7, 11) is 0. The first-order chi connectivity index (χ1) is 18.4. The summed E-state index contributed by atoms with van der Waals surface area (Å²) in [5.74, 6) is 0.432. The molecule has 2 aromatic heterocycles. The van der Waals surface area contributed by atoms with Crippen LogP contribution in [0.1, 0.15) is 6.42 Å². The predicted octanol–water partition coefficient (Wildman–Crippen LogP) is 1.81. The largest absolute Gasteiger partial charge is 0.480 e. The molecule has 0 unspecified atom stereocenters. The van der Waals surface area contributed by atoms with Crippen LogP contribution < -0.4 is 16.4 Å². The number of ether oxygens (including phenoxy) is 1. The molecule has 0 atom stereocenters. The first-order valence-corrected chi connectivity index (χ1v) is 12.7. The molecule has 2 aliphatic heterocycles. The van der Waals surface area contributed by atoms with E-state index in [9.17, 15) is 9.90 Å². The molecule has 0 spiro atoms. The summed E-state index contributed by atoms with van der Waals surface area (Å²) in [5, 5.41) is 16.0. The molecule has 0 radical (unpaired) electrons. The van der Waals surface area contributed by atoms with E-state index < -0.39 is 11.5 Å². The lowest BCUT2D eigenvalue weighted by Crippen LogP contribution is -2.70. The summed E-state index contributed by atoms with van der Waals surface area (Å²) in [6.07, 6.45) is 9.91. The van der Waals surface area contributed by atoms with E-state index in [1.165, 1.54) is 0 Å². The lowest BCUT2D eigenvalue weighted by molar-refractivity contribution is -0.190. The average molecular weight is 521 g/mol. The molecule has 202 valence electrons. The van der Waals surface area contributed by atoms with Crippen molar-refractivity contribution in [1.82, 2.24) is 24.8 Å². The van der Waals surface area contributed by atoms with Crippen LogP contribution in [0.2, 0.25) is 0 Å². The topological polar surface area (TPSA) is 142 Å². The van der Waals surface area contributed by atoms with Crippen LogP contribution >= 0.6 is 0 Å². The Labute approximate surface area is 223 Å². The molecule has 4 heterocycles. The number of hydrogen-bond acceptors (Lipinski definition) is 10. The Kier molecular flexibility index (Phi) is 9.19. The van der Waals surface area contributed by atoms with Crippen LogP contribution in [0.5, 0.6) is 0 Å². The van der Waals surface area contributed by atoms with Gasteiger partial charge in [-0.3, -0.25) is 14.6 Å². The second kappa shape index (κ2) is 12.7. The number of piperazine rings is 1. The van der Waals surface area contributed by atoms with Crippen LogP contribution in [-0.2, 0) is 9.53 Å². The van der Waals surface area contributed by atoms with Crippen molar-refractivity contribution < 1.29 is 14.6 Å². The number of nitrogens with one attached hydrogen (secondary N) is 2. The zero-order chi connectivity index (χ0) is 27.0. The Hall–Kier alpha value is -3.64.